The molecule has 0 unspecified atom stereocenters. The van der Waals surface area contributed by atoms with Crippen molar-refractivity contribution in [1.82, 2.24) is 14.9 Å². The van der Waals surface area contributed by atoms with E-state index in [1.54, 1.807) is 0 Å². The summed E-state index contributed by atoms with van der Waals surface area (Å²) in [5, 5.41) is 11.9. The van der Waals surface area contributed by atoms with Crippen LogP contribution in [0.4, 0.5) is 0 Å². The van der Waals surface area contributed by atoms with Crippen molar-refractivity contribution in [2.75, 3.05) is 13.1 Å². The molecule has 1 aliphatic rings. The molecule has 110 valence electrons. The lowest BCUT2D eigenvalue weighted by atomic mass is 9.98. The molecule has 21 heavy (non-hydrogen) atoms. The van der Waals surface area contributed by atoms with E-state index < -0.39 is 0 Å². The van der Waals surface area contributed by atoms with Crippen LogP contribution in [-0.4, -0.2) is 28.9 Å². The van der Waals surface area contributed by atoms with Gasteiger partial charge in [-0.25, -0.2) is 0 Å². The highest BCUT2D eigenvalue weighted by atomic mass is 15.0. The number of aromatic nitrogens is 2. The van der Waals surface area contributed by atoms with Crippen LogP contribution in [0.5, 0.6) is 0 Å². The molecule has 0 atom stereocenters. The first kappa shape index (κ1) is 13.8. The van der Waals surface area contributed by atoms with Gasteiger partial charge < -0.3 is 21.0 Å². The van der Waals surface area contributed by atoms with Gasteiger partial charge in [-0.15, -0.1) is 0 Å². The molecule has 2 aromatic rings. The SMILES string of the molecule is N=CC(=CN)c1cc2ccn(CC3CCNCC3)c2cn1. The van der Waals surface area contributed by atoms with Crippen LogP contribution in [0.1, 0.15) is 18.5 Å². The third-order valence-electron chi connectivity index (χ3n) is 4.20. The van der Waals surface area contributed by atoms with Gasteiger partial charge in [-0.05, 0) is 44.0 Å². The molecule has 3 rings (SSSR count). The Bertz CT molecular complexity index is 664. The van der Waals surface area contributed by atoms with Crippen molar-refractivity contribution in [3.63, 3.8) is 0 Å². The number of piperidine rings is 1. The number of nitrogens with two attached hydrogens (primary N) is 1. The van der Waals surface area contributed by atoms with Gasteiger partial charge in [-0.1, -0.05) is 0 Å². The highest BCUT2D eigenvalue weighted by Gasteiger charge is 2.14. The zero-order valence-corrected chi connectivity index (χ0v) is 12.0. The molecule has 0 spiro atoms. The van der Waals surface area contributed by atoms with E-state index in [0.29, 0.717) is 5.57 Å². The van der Waals surface area contributed by atoms with Crippen molar-refractivity contribution < 1.29 is 0 Å². The standard InChI is InChI=1S/C16H21N5/c17-8-14(9-18)15-7-13-3-6-21(16(13)10-20-15)11-12-1-4-19-5-2-12/h3,6-10,12,17,19H,1-2,4-5,11,18H2. The molecule has 1 aliphatic heterocycles. The smallest absolute Gasteiger partial charge is 0.0739 e. The second-order valence-electron chi connectivity index (χ2n) is 5.56. The van der Waals surface area contributed by atoms with Gasteiger partial charge in [-0.3, -0.25) is 4.98 Å². The van der Waals surface area contributed by atoms with Gasteiger partial charge in [0.2, 0.25) is 0 Å². The lowest BCUT2D eigenvalue weighted by molar-refractivity contribution is 0.337. The molecule has 0 amide bonds. The topological polar surface area (TPSA) is 79.7 Å². The van der Waals surface area contributed by atoms with E-state index in [-0.39, 0.29) is 0 Å². The summed E-state index contributed by atoms with van der Waals surface area (Å²) in [6.07, 6.45) is 9.15. The summed E-state index contributed by atoms with van der Waals surface area (Å²) in [4.78, 5) is 4.44. The number of hydrogen-bond donors (Lipinski definition) is 3. The van der Waals surface area contributed by atoms with Gasteiger partial charge in [0.05, 0.1) is 17.4 Å². The van der Waals surface area contributed by atoms with Crippen LogP contribution in [0.2, 0.25) is 0 Å². The van der Waals surface area contributed by atoms with E-state index in [9.17, 15) is 0 Å². The maximum absolute atomic E-state index is 7.36. The Labute approximate surface area is 124 Å². The van der Waals surface area contributed by atoms with Crippen LogP contribution >= 0.6 is 0 Å². The summed E-state index contributed by atoms with van der Waals surface area (Å²) in [5.74, 6) is 0.739. The highest BCUT2D eigenvalue weighted by molar-refractivity contribution is 6.08. The fourth-order valence-corrected chi connectivity index (χ4v) is 2.95. The minimum atomic E-state index is 0.642. The fourth-order valence-electron chi connectivity index (χ4n) is 2.95. The Balaban J connectivity index is 1.87. The third-order valence-corrected chi connectivity index (χ3v) is 4.20. The molecule has 0 aliphatic carbocycles. The van der Waals surface area contributed by atoms with Gasteiger partial charge in [-0.2, -0.15) is 0 Å². The van der Waals surface area contributed by atoms with E-state index in [4.69, 9.17) is 11.1 Å². The normalized spacial score (nSPS) is 17.2. The molecule has 1 fully saturated rings. The molecular formula is C16H21N5. The zero-order valence-electron chi connectivity index (χ0n) is 12.0. The molecule has 4 N–H and O–H groups in total. The monoisotopic (exact) mass is 283 g/mol. The third kappa shape index (κ3) is 2.83. The fraction of sp³-hybridized carbons (Fsp3) is 0.375. The largest absolute Gasteiger partial charge is 0.404 e. The van der Waals surface area contributed by atoms with E-state index in [1.807, 2.05) is 12.3 Å². The predicted molar refractivity (Wildman–Crippen MR) is 86.3 cm³/mol. The molecule has 0 saturated carbocycles. The van der Waals surface area contributed by atoms with Crippen LogP contribution in [0.25, 0.3) is 16.5 Å². The van der Waals surface area contributed by atoms with Crippen molar-refractivity contribution in [2.45, 2.75) is 19.4 Å². The Morgan fingerprint density at radius 2 is 2.29 bits per heavy atom. The second-order valence-corrected chi connectivity index (χ2v) is 5.56. The minimum Gasteiger partial charge on any atom is -0.404 e. The molecule has 2 aromatic heterocycles. The molecule has 0 radical (unpaired) electrons. The Morgan fingerprint density at radius 1 is 1.48 bits per heavy atom. The van der Waals surface area contributed by atoms with Crippen LogP contribution in [0, 0.1) is 11.3 Å². The molecule has 1 saturated heterocycles. The Morgan fingerprint density at radius 3 is 3.00 bits per heavy atom. The maximum atomic E-state index is 7.36. The molecular weight excluding hydrogens is 262 g/mol. The van der Waals surface area contributed by atoms with Gasteiger partial charge >= 0.3 is 0 Å². The molecule has 0 bridgehead atoms. The van der Waals surface area contributed by atoms with E-state index in [2.05, 4.69) is 27.1 Å². The average Bonchev–Trinajstić information content (AvgIpc) is 2.92. The number of hydrogen-bond acceptors (Lipinski definition) is 4. The number of nitrogens with one attached hydrogen (secondary N) is 2. The van der Waals surface area contributed by atoms with Crippen LogP contribution < -0.4 is 11.1 Å². The Hall–Kier alpha value is -2.14. The zero-order chi connectivity index (χ0) is 14.7. The van der Waals surface area contributed by atoms with Gasteiger partial charge in [0.1, 0.15) is 0 Å². The number of allylic oxidation sites excluding steroid dienone is 1. The van der Waals surface area contributed by atoms with E-state index in [1.165, 1.54) is 25.3 Å². The first-order chi connectivity index (χ1) is 10.3. The molecule has 5 nitrogen and oxygen atoms in total. The van der Waals surface area contributed by atoms with Crippen molar-refractivity contribution in [1.29, 1.82) is 5.41 Å². The van der Waals surface area contributed by atoms with Gasteiger partial charge in [0.25, 0.3) is 0 Å². The number of rotatable bonds is 4. The lowest BCUT2D eigenvalue weighted by Gasteiger charge is -2.23. The second kappa shape index (κ2) is 6.10. The summed E-state index contributed by atoms with van der Waals surface area (Å²) in [7, 11) is 0. The van der Waals surface area contributed by atoms with Crippen LogP contribution in [0.3, 0.4) is 0 Å². The first-order valence-corrected chi connectivity index (χ1v) is 7.40. The summed E-state index contributed by atoms with van der Waals surface area (Å²) in [6.45, 7) is 3.29. The van der Waals surface area contributed by atoms with Crippen molar-refractivity contribution in [3.8, 4) is 0 Å². The average molecular weight is 283 g/mol. The molecule has 0 aromatic carbocycles. The van der Waals surface area contributed by atoms with Crippen LogP contribution in [-0.2, 0) is 6.54 Å². The van der Waals surface area contributed by atoms with Crippen molar-refractivity contribution in [3.05, 3.63) is 36.4 Å². The molecule has 3 heterocycles. The van der Waals surface area contributed by atoms with Crippen molar-refractivity contribution in [2.24, 2.45) is 11.7 Å². The number of pyridine rings is 1. The first-order valence-electron chi connectivity index (χ1n) is 7.40. The summed E-state index contributed by atoms with van der Waals surface area (Å²) in [6, 6.07) is 4.11. The van der Waals surface area contributed by atoms with Crippen molar-refractivity contribution >= 4 is 22.7 Å². The quantitative estimate of drug-likeness (QED) is 0.751. The predicted octanol–water partition coefficient (Wildman–Crippen LogP) is 1.99. The van der Waals surface area contributed by atoms with E-state index >= 15 is 0 Å². The summed E-state index contributed by atoms with van der Waals surface area (Å²) >= 11 is 0. The maximum Gasteiger partial charge on any atom is 0.0739 e. The minimum absolute atomic E-state index is 0.642. The Kier molecular flexibility index (Phi) is 4.01. The van der Waals surface area contributed by atoms with E-state index in [0.717, 1.165) is 42.1 Å². The lowest BCUT2D eigenvalue weighted by Crippen LogP contribution is -2.29. The number of nitrogens with zero attached hydrogens (tertiary/aromatic N) is 2. The molecule has 5 heteroatoms. The van der Waals surface area contributed by atoms with Gasteiger partial charge in [0.15, 0.2) is 0 Å². The summed E-state index contributed by atoms with van der Waals surface area (Å²) in [5.41, 5.74) is 8.07. The number of fused-ring (bicyclic) bond motifs is 1. The van der Waals surface area contributed by atoms with Gasteiger partial charge in [0, 0.05) is 36.1 Å². The van der Waals surface area contributed by atoms with Crippen LogP contribution in [0.15, 0.2) is 30.7 Å². The highest BCUT2D eigenvalue weighted by Crippen LogP contribution is 2.22. The summed E-state index contributed by atoms with van der Waals surface area (Å²) < 4.78 is 2.29.